The molecule has 0 fully saturated rings. The highest BCUT2D eigenvalue weighted by Crippen LogP contribution is 2.24. The van der Waals surface area contributed by atoms with E-state index in [9.17, 15) is 5.26 Å². The number of aryl methyl sites for hydroxylation is 2. The lowest BCUT2D eigenvalue weighted by atomic mass is 10.1. The number of H-pyrrole nitrogens is 1. The molecular formula is C21H19N5O2. The number of hydrogen-bond donors (Lipinski definition) is 2. The van der Waals surface area contributed by atoms with E-state index in [1.54, 1.807) is 12.1 Å². The van der Waals surface area contributed by atoms with E-state index in [2.05, 4.69) is 26.5 Å². The first kappa shape index (κ1) is 17.6. The zero-order chi connectivity index (χ0) is 19.5. The van der Waals surface area contributed by atoms with Crippen LogP contribution in [0.4, 0.5) is 11.5 Å². The monoisotopic (exact) mass is 373 g/mol. The molecule has 4 rings (SSSR count). The van der Waals surface area contributed by atoms with Gasteiger partial charge in [0, 0.05) is 41.5 Å². The minimum Gasteiger partial charge on any atom is -0.493 e. The molecular weight excluding hydrogens is 354 g/mol. The number of anilines is 2. The summed E-state index contributed by atoms with van der Waals surface area (Å²) >= 11 is 0. The maximum absolute atomic E-state index is 9.29. The van der Waals surface area contributed by atoms with Crippen LogP contribution in [-0.2, 0) is 6.42 Å². The lowest BCUT2D eigenvalue weighted by molar-refractivity contribution is 0.320. The van der Waals surface area contributed by atoms with Gasteiger partial charge in [-0.05, 0) is 37.4 Å². The van der Waals surface area contributed by atoms with Crippen molar-refractivity contribution in [2.45, 2.75) is 20.3 Å². The number of hydrogen-bond acceptors (Lipinski definition) is 6. The summed E-state index contributed by atoms with van der Waals surface area (Å²) < 4.78 is 11.0. The van der Waals surface area contributed by atoms with E-state index in [4.69, 9.17) is 9.26 Å². The summed E-state index contributed by atoms with van der Waals surface area (Å²) in [6.45, 7) is 4.25. The number of rotatable bonds is 6. The minimum absolute atomic E-state index is 0.290. The molecule has 1 aromatic carbocycles. The Bertz CT molecular complexity index is 1150. The maximum Gasteiger partial charge on any atom is 0.146 e. The van der Waals surface area contributed by atoms with Crippen LogP contribution in [0.15, 0.2) is 47.1 Å². The van der Waals surface area contributed by atoms with Crippen LogP contribution >= 0.6 is 0 Å². The van der Waals surface area contributed by atoms with E-state index in [1.807, 2.05) is 44.3 Å². The molecule has 0 aliphatic rings. The van der Waals surface area contributed by atoms with Gasteiger partial charge in [0.05, 0.1) is 12.3 Å². The van der Waals surface area contributed by atoms with E-state index in [1.165, 1.54) is 0 Å². The molecule has 0 bridgehead atoms. The number of nitriles is 1. The predicted octanol–water partition coefficient (Wildman–Crippen LogP) is 4.40. The highest BCUT2D eigenvalue weighted by molar-refractivity contribution is 5.83. The molecule has 7 nitrogen and oxygen atoms in total. The molecule has 0 atom stereocenters. The Kier molecular flexibility index (Phi) is 4.68. The first-order chi connectivity index (χ1) is 13.6. The molecule has 0 saturated heterocycles. The molecule has 0 saturated carbocycles. The molecule has 0 radical (unpaired) electrons. The summed E-state index contributed by atoms with van der Waals surface area (Å²) in [5.41, 5.74) is 4.11. The molecule has 4 aromatic rings. The molecule has 0 aliphatic heterocycles. The van der Waals surface area contributed by atoms with Crippen LogP contribution < -0.4 is 10.1 Å². The number of aromatic amines is 1. The van der Waals surface area contributed by atoms with Gasteiger partial charge in [-0.3, -0.25) is 0 Å². The van der Waals surface area contributed by atoms with Crippen molar-refractivity contribution in [2.75, 3.05) is 11.9 Å². The van der Waals surface area contributed by atoms with Gasteiger partial charge in [0.25, 0.3) is 0 Å². The molecule has 2 N–H and O–H groups in total. The third-order valence-electron chi connectivity index (χ3n) is 4.54. The van der Waals surface area contributed by atoms with Gasteiger partial charge in [-0.15, -0.1) is 0 Å². The largest absolute Gasteiger partial charge is 0.493 e. The molecule has 140 valence electrons. The molecule has 0 amide bonds. The number of ether oxygens (including phenoxy) is 1. The van der Waals surface area contributed by atoms with Crippen LogP contribution in [0.1, 0.15) is 22.7 Å². The van der Waals surface area contributed by atoms with Gasteiger partial charge in [-0.25, -0.2) is 4.98 Å². The average molecular weight is 373 g/mol. The van der Waals surface area contributed by atoms with Gasteiger partial charge in [-0.2, -0.15) is 5.26 Å². The van der Waals surface area contributed by atoms with Crippen LogP contribution in [0.25, 0.3) is 10.9 Å². The minimum atomic E-state index is 0.290. The Morgan fingerprint density at radius 2 is 2.11 bits per heavy atom. The molecule has 0 unspecified atom stereocenters. The first-order valence-corrected chi connectivity index (χ1v) is 8.93. The van der Waals surface area contributed by atoms with E-state index >= 15 is 0 Å². The summed E-state index contributed by atoms with van der Waals surface area (Å²) in [6, 6.07) is 13.5. The fourth-order valence-corrected chi connectivity index (χ4v) is 3.11. The quantitative estimate of drug-likeness (QED) is 0.519. The Hall–Kier alpha value is -3.79. The van der Waals surface area contributed by atoms with Crippen LogP contribution in [0.5, 0.6) is 5.75 Å². The van der Waals surface area contributed by atoms with Gasteiger partial charge in [0.1, 0.15) is 29.1 Å². The van der Waals surface area contributed by atoms with Crippen molar-refractivity contribution in [3.63, 3.8) is 0 Å². The second kappa shape index (κ2) is 7.45. The van der Waals surface area contributed by atoms with Crippen LogP contribution in [0, 0.1) is 25.2 Å². The fraction of sp³-hybridized carbons (Fsp3) is 0.190. The Labute approximate surface area is 162 Å². The van der Waals surface area contributed by atoms with E-state index < -0.39 is 0 Å². The van der Waals surface area contributed by atoms with Crippen molar-refractivity contribution >= 4 is 22.4 Å². The van der Waals surface area contributed by atoms with Crippen molar-refractivity contribution in [1.82, 2.24) is 15.1 Å². The van der Waals surface area contributed by atoms with Crippen molar-refractivity contribution < 1.29 is 9.26 Å². The van der Waals surface area contributed by atoms with Crippen molar-refractivity contribution in [2.24, 2.45) is 0 Å². The SMILES string of the molecule is Cc1noc(C)c1CCOc1cc(C#N)nc(Nc2ccc3cc[nH]c3c2)c1. The Balaban J connectivity index is 1.49. The third-order valence-corrected chi connectivity index (χ3v) is 4.54. The Morgan fingerprint density at radius 3 is 2.89 bits per heavy atom. The highest BCUT2D eigenvalue weighted by atomic mass is 16.5. The van der Waals surface area contributed by atoms with Gasteiger partial charge in [0.15, 0.2) is 0 Å². The number of fused-ring (bicyclic) bond motifs is 1. The summed E-state index contributed by atoms with van der Waals surface area (Å²) in [6.07, 6.45) is 2.57. The number of aromatic nitrogens is 3. The summed E-state index contributed by atoms with van der Waals surface area (Å²) in [5.74, 6) is 1.94. The molecule has 3 heterocycles. The molecule has 0 spiro atoms. The third kappa shape index (κ3) is 3.67. The standard InChI is InChI=1S/C21H19N5O2/c1-13-19(14(2)28-26-13)6-8-27-18-9-17(12-22)25-21(11-18)24-16-4-3-15-5-7-23-20(15)10-16/h3-5,7,9-11,23H,6,8H2,1-2H3,(H,24,25). The van der Waals surface area contributed by atoms with E-state index in [0.717, 1.165) is 33.6 Å². The zero-order valence-electron chi connectivity index (χ0n) is 15.6. The summed E-state index contributed by atoms with van der Waals surface area (Å²) in [7, 11) is 0. The van der Waals surface area contributed by atoms with Crippen LogP contribution in [-0.4, -0.2) is 21.7 Å². The zero-order valence-corrected chi connectivity index (χ0v) is 15.6. The van der Waals surface area contributed by atoms with Crippen LogP contribution in [0.3, 0.4) is 0 Å². The second-order valence-corrected chi connectivity index (χ2v) is 6.49. The number of nitrogens with one attached hydrogen (secondary N) is 2. The topological polar surface area (TPSA) is 99.8 Å². The lowest BCUT2D eigenvalue weighted by Gasteiger charge is -2.10. The number of benzene rings is 1. The number of nitrogens with zero attached hydrogens (tertiary/aromatic N) is 3. The lowest BCUT2D eigenvalue weighted by Crippen LogP contribution is -2.04. The second-order valence-electron chi connectivity index (χ2n) is 6.49. The van der Waals surface area contributed by atoms with Gasteiger partial charge in [-0.1, -0.05) is 11.2 Å². The molecule has 0 aliphatic carbocycles. The maximum atomic E-state index is 9.29. The smallest absolute Gasteiger partial charge is 0.146 e. The fourth-order valence-electron chi connectivity index (χ4n) is 3.11. The average Bonchev–Trinajstić information content (AvgIpc) is 3.28. The van der Waals surface area contributed by atoms with Crippen LogP contribution in [0.2, 0.25) is 0 Å². The van der Waals surface area contributed by atoms with Crippen molar-refractivity contribution in [1.29, 1.82) is 5.26 Å². The Morgan fingerprint density at radius 1 is 1.21 bits per heavy atom. The first-order valence-electron chi connectivity index (χ1n) is 8.93. The van der Waals surface area contributed by atoms with Gasteiger partial charge in [0.2, 0.25) is 0 Å². The predicted molar refractivity (Wildman–Crippen MR) is 106 cm³/mol. The van der Waals surface area contributed by atoms with Gasteiger partial charge < -0.3 is 19.6 Å². The van der Waals surface area contributed by atoms with E-state index in [-0.39, 0.29) is 0 Å². The normalized spacial score (nSPS) is 10.8. The molecule has 3 aromatic heterocycles. The highest BCUT2D eigenvalue weighted by Gasteiger charge is 2.10. The molecule has 28 heavy (non-hydrogen) atoms. The van der Waals surface area contributed by atoms with Crippen molar-refractivity contribution in [3.8, 4) is 11.8 Å². The van der Waals surface area contributed by atoms with Gasteiger partial charge >= 0.3 is 0 Å². The summed E-state index contributed by atoms with van der Waals surface area (Å²) in [4.78, 5) is 7.49. The molecule has 7 heteroatoms. The number of pyridine rings is 1. The summed E-state index contributed by atoms with van der Waals surface area (Å²) in [5, 5.41) is 17.6. The van der Waals surface area contributed by atoms with Crippen molar-refractivity contribution in [3.05, 3.63) is 65.3 Å². The van der Waals surface area contributed by atoms with E-state index in [0.29, 0.717) is 30.3 Å².